The van der Waals surface area contributed by atoms with Crippen LogP contribution in [-0.4, -0.2) is 36.6 Å². The Hall–Kier alpha value is -3.76. The molecule has 3 aromatic heterocycles. The van der Waals surface area contributed by atoms with Crippen LogP contribution < -0.4 is 4.74 Å². The minimum atomic E-state index is -4.67. The molecule has 178 valence electrons. The molecule has 1 aromatic carbocycles. The van der Waals surface area contributed by atoms with Crippen LogP contribution in [0.4, 0.5) is 17.6 Å². The molecule has 0 spiro atoms. The number of pyridine rings is 1. The Morgan fingerprint density at radius 3 is 2.47 bits per heavy atom. The van der Waals surface area contributed by atoms with Gasteiger partial charge in [0, 0.05) is 30.4 Å². The standard InChI is InChI=1S/C23H22F4N6O/c1-22(2,3)11-34-17-10-14(24)5-6-15(17)20-19(29-12-33(20)4)16-9-13(7-8-28-16)18-21(23(25,26)27)31-32-30-18/h5-10,12H,11H2,1-4H3,(H,30,31,32). The lowest BCUT2D eigenvalue weighted by Gasteiger charge is -2.21. The predicted octanol–water partition coefficient (Wildman–Crippen LogP) is 5.52. The summed E-state index contributed by atoms with van der Waals surface area (Å²) < 4.78 is 61.7. The number of hydrogen-bond acceptors (Lipinski definition) is 5. The summed E-state index contributed by atoms with van der Waals surface area (Å²) in [5, 5.41) is 8.95. The zero-order valence-corrected chi connectivity index (χ0v) is 18.9. The van der Waals surface area contributed by atoms with Crippen molar-refractivity contribution in [3.05, 3.63) is 54.4 Å². The lowest BCUT2D eigenvalue weighted by molar-refractivity contribution is -0.140. The molecule has 11 heteroatoms. The summed E-state index contributed by atoms with van der Waals surface area (Å²) in [6.45, 7) is 6.33. The number of alkyl halides is 3. The maximum absolute atomic E-state index is 14.1. The number of nitrogens with one attached hydrogen (secondary N) is 1. The van der Waals surface area contributed by atoms with Crippen LogP contribution in [0.25, 0.3) is 33.9 Å². The molecule has 0 atom stereocenters. The fraction of sp³-hybridized carbons (Fsp3) is 0.304. The van der Waals surface area contributed by atoms with E-state index in [1.165, 1.54) is 30.5 Å². The van der Waals surface area contributed by atoms with Crippen molar-refractivity contribution in [3.8, 4) is 39.7 Å². The van der Waals surface area contributed by atoms with Gasteiger partial charge < -0.3 is 9.30 Å². The van der Waals surface area contributed by atoms with Gasteiger partial charge in [-0.1, -0.05) is 20.8 Å². The van der Waals surface area contributed by atoms with E-state index in [0.29, 0.717) is 35.0 Å². The number of ether oxygens (including phenoxy) is 1. The first kappa shape index (κ1) is 23.4. The van der Waals surface area contributed by atoms with Crippen molar-refractivity contribution >= 4 is 0 Å². The highest BCUT2D eigenvalue weighted by Gasteiger charge is 2.38. The Labute approximate surface area is 192 Å². The van der Waals surface area contributed by atoms with Gasteiger partial charge in [0.15, 0.2) is 5.69 Å². The minimum Gasteiger partial charge on any atom is -0.492 e. The van der Waals surface area contributed by atoms with Gasteiger partial charge in [-0.25, -0.2) is 9.37 Å². The first-order valence-electron chi connectivity index (χ1n) is 10.3. The molecule has 34 heavy (non-hydrogen) atoms. The number of benzene rings is 1. The van der Waals surface area contributed by atoms with Crippen LogP contribution in [0.15, 0.2) is 42.9 Å². The predicted molar refractivity (Wildman–Crippen MR) is 117 cm³/mol. The summed E-state index contributed by atoms with van der Waals surface area (Å²) in [6, 6.07) is 7.06. The molecule has 4 aromatic rings. The van der Waals surface area contributed by atoms with Crippen molar-refractivity contribution < 1.29 is 22.3 Å². The third kappa shape index (κ3) is 4.78. The molecule has 0 fully saturated rings. The SMILES string of the molecule is Cn1cnc(-c2cc(-c3n[nH]nc3C(F)(F)F)ccn2)c1-c1ccc(F)cc1OCC(C)(C)C. The molecule has 0 aliphatic carbocycles. The number of aromatic amines is 1. The minimum absolute atomic E-state index is 0.164. The van der Waals surface area contributed by atoms with Crippen molar-refractivity contribution in [2.24, 2.45) is 12.5 Å². The zero-order chi connectivity index (χ0) is 24.7. The highest BCUT2D eigenvalue weighted by atomic mass is 19.4. The highest BCUT2D eigenvalue weighted by molar-refractivity contribution is 5.82. The summed E-state index contributed by atoms with van der Waals surface area (Å²) in [6.07, 6.45) is -1.75. The number of nitrogens with zero attached hydrogens (tertiary/aromatic N) is 5. The van der Waals surface area contributed by atoms with E-state index in [4.69, 9.17) is 4.74 Å². The van der Waals surface area contributed by atoms with Crippen LogP contribution in [0.3, 0.4) is 0 Å². The van der Waals surface area contributed by atoms with E-state index in [1.807, 2.05) is 26.0 Å². The number of H-pyrrole nitrogens is 1. The molecule has 0 radical (unpaired) electrons. The lowest BCUT2D eigenvalue weighted by atomic mass is 9.98. The largest absolute Gasteiger partial charge is 0.492 e. The molecule has 0 aliphatic heterocycles. The van der Waals surface area contributed by atoms with Gasteiger partial charge in [-0.2, -0.15) is 28.6 Å². The number of hydrogen-bond donors (Lipinski definition) is 1. The van der Waals surface area contributed by atoms with Crippen LogP contribution >= 0.6 is 0 Å². The summed E-state index contributed by atoms with van der Waals surface area (Å²) in [5.74, 6) is -0.131. The number of halogens is 4. The molecule has 0 bridgehead atoms. The van der Waals surface area contributed by atoms with Crippen LogP contribution in [0.5, 0.6) is 5.75 Å². The van der Waals surface area contributed by atoms with Gasteiger partial charge in [0.25, 0.3) is 0 Å². The molecule has 3 heterocycles. The average Bonchev–Trinajstić information content (AvgIpc) is 3.39. The quantitative estimate of drug-likeness (QED) is 0.386. The number of rotatable bonds is 5. The van der Waals surface area contributed by atoms with E-state index < -0.39 is 17.7 Å². The van der Waals surface area contributed by atoms with Gasteiger partial charge in [0.1, 0.15) is 23.0 Å². The molecular weight excluding hydrogens is 452 g/mol. The van der Waals surface area contributed by atoms with Gasteiger partial charge in [-0.15, -0.1) is 0 Å². The fourth-order valence-corrected chi connectivity index (χ4v) is 3.38. The average molecular weight is 474 g/mol. The zero-order valence-electron chi connectivity index (χ0n) is 18.9. The van der Waals surface area contributed by atoms with E-state index in [0.717, 1.165) is 0 Å². The topological polar surface area (TPSA) is 81.5 Å². The second-order valence-corrected chi connectivity index (χ2v) is 8.99. The third-order valence-electron chi connectivity index (χ3n) is 4.89. The van der Waals surface area contributed by atoms with Crippen molar-refractivity contribution in [1.29, 1.82) is 0 Å². The third-order valence-corrected chi connectivity index (χ3v) is 4.89. The van der Waals surface area contributed by atoms with Crippen LogP contribution in [0.1, 0.15) is 26.5 Å². The van der Waals surface area contributed by atoms with Crippen LogP contribution in [0.2, 0.25) is 0 Å². The van der Waals surface area contributed by atoms with E-state index in [1.54, 1.807) is 24.0 Å². The molecule has 0 amide bonds. The summed E-state index contributed by atoms with van der Waals surface area (Å²) >= 11 is 0. The molecular formula is C23H22F4N6O. The Bertz CT molecular complexity index is 1320. The van der Waals surface area contributed by atoms with E-state index in [2.05, 4.69) is 20.2 Å². The monoisotopic (exact) mass is 474 g/mol. The van der Waals surface area contributed by atoms with Gasteiger partial charge in [-0.3, -0.25) is 4.98 Å². The van der Waals surface area contributed by atoms with Crippen molar-refractivity contribution in [1.82, 2.24) is 29.9 Å². The van der Waals surface area contributed by atoms with E-state index in [9.17, 15) is 17.6 Å². The van der Waals surface area contributed by atoms with Gasteiger partial charge >= 0.3 is 6.18 Å². The second kappa shape index (κ2) is 8.54. The molecule has 7 nitrogen and oxygen atoms in total. The molecule has 1 N–H and O–H groups in total. The van der Waals surface area contributed by atoms with Crippen molar-refractivity contribution in [2.45, 2.75) is 26.9 Å². The summed E-state index contributed by atoms with van der Waals surface area (Å²) in [4.78, 5) is 8.73. The van der Waals surface area contributed by atoms with Gasteiger partial charge in [0.05, 0.1) is 24.3 Å². The summed E-state index contributed by atoms with van der Waals surface area (Å²) in [7, 11) is 1.76. The van der Waals surface area contributed by atoms with E-state index >= 15 is 0 Å². The number of aryl methyl sites for hydroxylation is 1. The normalized spacial score (nSPS) is 12.2. The number of aromatic nitrogens is 6. The van der Waals surface area contributed by atoms with E-state index in [-0.39, 0.29) is 16.7 Å². The first-order chi connectivity index (χ1) is 15.9. The lowest BCUT2D eigenvalue weighted by Crippen LogP contribution is -2.17. The Balaban J connectivity index is 1.81. The fourth-order valence-electron chi connectivity index (χ4n) is 3.38. The summed E-state index contributed by atoms with van der Waals surface area (Å²) in [5.41, 5.74) is 0.402. The van der Waals surface area contributed by atoms with Crippen molar-refractivity contribution in [2.75, 3.05) is 6.61 Å². The molecule has 0 aliphatic rings. The van der Waals surface area contributed by atoms with Gasteiger partial charge in [-0.05, 0) is 29.7 Å². The second-order valence-electron chi connectivity index (χ2n) is 8.99. The van der Waals surface area contributed by atoms with Gasteiger partial charge in [0.2, 0.25) is 0 Å². The number of imidazole rings is 1. The molecule has 4 rings (SSSR count). The van der Waals surface area contributed by atoms with Crippen LogP contribution in [-0.2, 0) is 13.2 Å². The Kier molecular flexibility index (Phi) is 5.88. The molecule has 0 saturated carbocycles. The molecule has 0 saturated heterocycles. The van der Waals surface area contributed by atoms with Crippen LogP contribution in [0, 0.1) is 11.2 Å². The Morgan fingerprint density at radius 2 is 1.76 bits per heavy atom. The Morgan fingerprint density at radius 1 is 1.00 bits per heavy atom. The maximum Gasteiger partial charge on any atom is 0.437 e. The maximum atomic E-state index is 14.1. The highest BCUT2D eigenvalue weighted by Crippen LogP contribution is 2.39. The molecule has 0 unspecified atom stereocenters. The van der Waals surface area contributed by atoms with Crippen molar-refractivity contribution in [3.63, 3.8) is 0 Å². The smallest absolute Gasteiger partial charge is 0.437 e. The first-order valence-corrected chi connectivity index (χ1v) is 10.3.